The number of aromatic nitrogens is 2. The van der Waals surface area contributed by atoms with Gasteiger partial charge in [0.2, 0.25) is 0 Å². The summed E-state index contributed by atoms with van der Waals surface area (Å²) in [6, 6.07) is 6.32. The van der Waals surface area contributed by atoms with Crippen LogP contribution in [0.25, 0.3) is 10.9 Å². The second-order valence-electron chi connectivity index (χ2n) is 5.76. The topological polar surface area (TPSA) is 47.3 Å². The molecule has 0 atom stereocenters. The third-order valence-electron chi connectivity index (χ3n) is 2.76. The molecule has 0 aliphatic carbocycles. The fraction of sp³-hybridized carbons (Fsp3) is 0.462. The summed E-state index contributed by atoms with van der Waals surface area (Å²) in [5, 5.41) is 14.7. The summed E-state index contributed by atoms with van der Waals surface area (Å²) in [5.74, 6) is 0.265. The predicted molar refractivity (Wildman–Crippen MR) is 75.5 cm³/mol. The van der Waals surface area contributed by atoms with Crippen LogP contribution >= 0.6 is 0 Å². The van der Waals surface area contributed by atoms with Crippen molar-refractivity contribution < 1.29 is 9.84 Å². The number of fused-ring (bicyclic) bond motifs is 1. The number of ether oxygens (including phenoxy) is 1. The number of phenols is 1. The number of hydrogen-bond donors (Lipinski definition) is 1. The summed E-state index contributed by atoms with van der Waals surface area (Å²) in [7, 11) is -1.02. The third-order valence-corrected chi connectivity index (χ3v) is 4.46. The Hall–Kier alpha value is -1.33. The molecule has 0 spiro atoms. The lowest BCUT2D eigenvalue weighted by Gasteiger charge is -2.15. The number of nitrogens with zero attached hydrogens (tertiary/aromatic N) is 2. The maximum Gasteiger partial charge on any atom is 0.139 e. The number of benzene rings is 1. The first-order valence-electron chi connectivity index (χ1n) is 6.18. The van der Waals surface area contributed by atoms with Gasteiger partial charge in [-0.25, -0.2) is 4.68 Å². The highest BCUT2D eigenvalue weighted by molar-refractivity contribution is 6.76. The molecule has 0 aliphatic rings. The lowest BCUT2D eigenvalue weighted by atomic mass is 10.2. The van der Waals surface area contributed by atoms with Gasteiger partial charge in [0.1, 0.15) is 12.5 Å². The zero-order valence-electron chi connectivity index (χ0n) is 11.2. The van der Waals surface area contributed by atoms with Crippen molar-refractivity contribution in [2.24, 2.45) is 0 Å². The monoisotopic (exact) mass is 264 g/mol. The lowest BCUT2D eigenvalue weighted by Crippen LogP contribution is -2.22. The van der Waals surface area contributed by atoms with Gasteiger partial charge in [0.25, 0.3) is 0 Å². The minimum atomic E-state index is -1.02. The molecule has 0 saturated heterocycles. The average Bonchev–Trinajstić information content (AvgIpc) is 2.65. The first kappa shape index (κ1) is 13.1. The van der Waals surface area contributed by atoms with Crippen LogP contribution in [0.15, 0.2) is 24.4 Å². The molecule has 1 heterocycles. The number of aromatic hydroxyl groups is 1. The number of rotatable bonds is 5. The Bertz CT molecular complexity index is 531. The highest BCUT2D eigenvalue weighted by Gasteiger charge is 2.12. The average molecular weight is 264 g/mol. The SMILES string of the molecule is C[Si](C)(C)CCOCn1cc2cc(O)ccc2n1. The van der Waals surface area contributed by atoms with Crippen molar-refractivity contribution in [2.75, 3.05) is 6.61 Å². The summed E-state index contributed by atoms with van der Waals surface area (Å²) >= 11 is 0. The van der Waals surface area contributed by atoms with Gasteiger partial charge in [-0.2, -0.15) is 5.10 Å². The van der Waals surface area contributed by atoms with Gasteiger partial charge >= 0.3 is 0 Å². The smallest absolute Gasteiger partial charge is 0.139 e. The summed E-state index contributed by atoms with van der Waals surface area (Å²) in [6.07, 6.45) is 1.89. The Balaban J connectivity index is 1.92. The molecule has 2 rings (SSSR count). The van der Waals surface area contributed by atoms with E-state index in [0.29, 0.717) is 6.73 Å². The molecule has 0 unspecified atom stereocenters. The standard InChI is InChI=1S/C13H20N2O2Si/c1-18(2,3)7-6-17-10-15-9-11-8-12(16)4-5-13(11)14-15/h4-5,8-9,16H,6-7,10H2,1-3H3. The van der Waals surface area contributed by atoms with E-state index in [9.17, 15) is 5.11 Å². The molecule has 5 heteroatoms. The van der Waals surface area contributed by atoms with Crippen LogP contribution in [0.5, 0.6) is 5.75 Å². The normalized spacial score (nSPS) is 12.2. The molecule has 1 N–H and O–H groups in total. The van der Waals surface area contributed by atoms with Gasteiger partial charge in [0, 0.05) is 26.3 Å². The molecule has 4 nitrogen and oxygen atoms in total. The second-order valence-corrected chi connectivity index (χ2v) is 11.4. The third kappa shape index (κ3) is 3.58. The van der Waals surface area contributed by atoms with E-state index >= 15 is 0 Å². The minimum Gasteiger partial charge on any atom is -0.508 e. The molecule has 98 valence electrons. The highest BCUT2D eigenvalue weighted by atomic mass is 28.3. The van der Waals surface area contributed by atoms with Crippen LogP contribution in [-0.4, -0.2) is 29.6 Å². The molecule has 0 bridgehead atoms. The van der Waals surface area contributed by atoms with E-state index in [4.69, 9.17) is 4.74 Å². The van der Waals surface area contributed by atoms with Gasteiger partial charge < -0.3 is 9.84 Å². The van der Waals surface area contributed by atoms with E-state index in [1.807, 2.05) is 12.3 Å². The molecule has 2 aromatic rings. The molecular formula is C13H20N2O2Si. The van der Waals surface area contributed by atoms with Crippen molar-refractivity contribution in [3.8, 4) is 5.75 Å². The van der Waals surface area contributed by atoms with E-state index < -0.39 is 8.07 Å². The lowest BCUT2D eigenvalue weighted by molar-refractivity contribution is 0.0791. The van der Waals surface area contributed by atoms with Crippen LogP contribution in [0.4, 0.5) is 0 Å². The molecular weight excluding hydrogens is 244 g/mol. The van der Waals surface area contributed by atoms with Crippen molar-refractivity contribution in [1.29, 1.82) is 0 Å². The van der Waals surface area contributed by atoms with Crippen molar-refractivity contribution in [1.82, 2.24) is 9.78 Å². The molecule has 0 amide bonds. The zero-order valence-corrected chi connectivity index (χ0v) is 12.2. The van der Waals surface area contributed by atoms with Gasteiger partial charge in [0.05, 0.1) is 5.52 Å². The largest absolute Gasteiger partial charge is 0.508 e. The molecule has 0 aliphatic heterocycles. The van der Waals surface area contributed by atoms with Crippen LogP contribution in [0, 0.1) is 0 Å². The summed E-state index contributed by atoms with van der Waals surface area (Å²) in [6.45, 7) is 8.27. The van der Waals surface area contributed by atoms with Crippen LogP contribution in [0.3, 0.4) is 0 Å². The first-order chi connectivity index (χ1) is 8.44. The first-order valence-corrected chi connectivity index (χ1v) is 9.89. The van der Waals surface area contributed by atoms with Crippen LogP contribution in [-0.2, 0) is 11.5 Å². The molecule has 18 heavy (non-hydrogen) atoms. The summed E-state index contributed by atoms with van der Waals surface area (Å²) in [4.78, 5) is 0. The van der Waals surface area contributed by atoms with Gasteiger partial charge in [-0.15, -0.1) is 0 Å². The Morgan fingerprint density at radius 2 is 2.11 bits per heavy atom. The van der Waals surface area contributed by atoms with Gasteiger partial charge in [-0.05, 0) is 24.2 Å². The van der Waals surface area contributed by atoms with Gasteiger partial charge in [-0.3, -0.25) is 0 Å². The van der Waals surface area contributed by atoms with Crippen LogP contribution in [0.1, 0.15) is 0 Å². The molecule has 0 saturated carbocycles. The second kappa shape index (κ2) is 5.12. The Kier molecular flexibility index (Phi) is 3.73. The van der Waals surface area contributed by atoms with Gasteiger partial charge in [0.15, 0.2) is 0 Å². The van der Waals surface area contributed by atoms with E-state index in [1.165, 1.54) is 0 Å². The quantitative estimate of drug-likeness (QED) is 0.667. The Morgan fingerprint density at radius 3 is 2.83 bits per heavy atom. The summed E-state index contributed by atoms with van der Waals surface area (Å²) < 4.78 is 7.40. The minimum absolute atomic E-state index is 0.265. The van der Waals surface area contributed by atoms with Crippen LogP contribution < -0.4 is 0 Å². The van der Waals surface area contributed by atoms with Crippen molar-refractivity contribution in [3.63, 3.8) is 0 Å². The van der Waals surface area contributed by atoms with E-state index in [-0.39, 0.29) is 5.75 Å². The maximum atomic E-state index is 9.38. The fourth-order valence-corrected chi connectivity index (χ4v) is 2.42. The van der Waals surface area contributed by atoms with E-state index in [2.05, 4.69) is 24.7 Å². The summed E-state index contributed by atoms with van der Waals surface area (Å²) in [5.41, 5.74) is 0.876. The van der Waals surface area contributed by atoms with E-state index in [1.54, 1.807) is 16.8 Å². The molecule has 1 aromatic heterocycles. The van der Waals surface area contributed by atoms with Gasteiger partial charge in [-0.1, -0.05) is 19.6 Å². The Labute approximate surface area is 108 Å². The highest BCUT2D eigenvalue weighted by Crippen LogP contribution is 2.18. The van der Waals surface area contributed by atoms with Crippen molar-refractivity contribution in [3.05, 3.63) is 24.4 Å². The molecule has 0 fully saturated rings. The zero-order chi connectivity index (χ0) is 13.2. The van der Waals surface area contributed by atoms with Crippen molar-refractivity contribution >= 4 is 19.0 Å². The Morgan fingerprint density at radius 1 is 1.33 bits per heavy atom. The van der Waals surface area contributed by atoms with Crippen molar-refractivity contribution in [2.45, 2.75) is 32.4 Å². The maximum absolute atomic E-state index is 9.38. The van der Waals surface area contributed by atoms with Crippen LogP contribution in [0.2, 0.25) is 25.7 Å². The van der Waals surface area contributed by atoms with E-state index in [0.717, 1.165) is 23.6 Å². The molecule has 0 radical (unpaired) electrons. The predicted octanol–water partition coefficient (Wildman–Crippen LogP) is 3.05. The number of hydrogen-bond acceptors (Lipinski definition) is 3. The molecule has 1 aromatic carbocycles. The number of phenolic OH excluding ortho intramolecular Hbond substituents is 1. The fourth-order valence-electron chi connectivity index (χ4n) is 1.67.